The maximum Gasteiger partial charge on any atom is 0.306 e. The van der Waals surface area contributed by atoms with Gasteiger partial charge < -0.3 is 14.7 Å². The molecule has 110 valence electrons. The molecule has 1 atom stereocenters. The number of halogens is 1. The van der Waals surface area contributed by atoms with Crippen LogP contribution in [0.2, 0.25) is 4.34 Å². The van der Waals surface area contributed by atoms with Crippen molar-refractivity contribution in [2.45, 2.75) is 25.4 Å². The molecule has 0 aromatic carbocycles. The Labute approximate surface area is 126 Å². The molecule has 7 heteroatoms. The number of aliphatic carboxylic acids is 1. The van der Waals surface area contributed by atoms with Crippen molar-refractivity contribution in [3.8, 4) is 0 Å². The SMILES string of the molecule is O=C(O)C[C@@H]1CN(C(=O)CCc2ccc(Cl)s2)CCO1. The van der Waals surface area contributed by atoms with E-state index < -0.39 is 12.1 Å². The first-order valence-corrected chi connectivity index (χ1v) is 7.59. The Balaban J connectivity index is 1.81. The largest absolute Gasteiger partial charge is 0.481 e. The highest BCUT2D eigenvalue weighted by Gasteiger charge is 2.25. The van der Waals surface area contributed by atoms with Gasteiger partial charge in [0.05, 0.1) is 23.5 Å². The molecule has 1 saturated heterocycles. The predicted octanol–water partition coefficient (Wildman–Crippen LogP) is 2.04. The van der Waals surface area contributed by atoms with Crippen molar-refractivity contribution in [3.63, 3.8) is 0 Å². The van der Waals surface area contributed by atoms with Crippen molar-refractivity contribution in [2.75, 3.05) is 19.7 Å². The van der Waals surface area contributed by atoms with E-state index in [2.05, 4.69) is 0 Å². The predicted molar refractivity (Wildman–Crippen MR) is 76.2 cm³/mol. The van der Waals surface area contributed by atoms with Gasteiger partial charge in [-0.25, -0.2) is 0 Å². The van der Waals surface area contributed by atoms with Crippen LogP contribution in [0.1, 0.15) is 17.7 Å². The maximum absolute atomic E-state index is 12.1. The van der Waals surface area contributed by atoms with Gasteiger partial charge in [0.1, 0.15) is 0 Å². The van der Waals surface area contributed by atoms with E-state index in [0.717, 1.165) is 9.21 Å². The molecule has 0 aliphatic carbocycles. The van der Waals surface area contributed by atoms with Crippen molar-refractivity contribution < 1.29 is 19.4 Å². The summed E-state index contributed by atoms with van der Waals surface area (Å²) in [5.41, 5.74) is 0. The number of rotatable bonds is 5. The molecule has 1 aromatic heterocycles. The number of hydrogen-bond acceptors (Lipinski definition) is 4. The fraction of sp³-hybridized carbons (Fsp3) is 0.538. The zero-order valence-corrected chi connectivity index (χ0v) is 12.5. The molecule has 0 radical (unpaired) electrons. The number of amides is 1. The van der Waals surface area contributed by atoms with E-state index in [1.165, 1.54) is 11.3 Å². The maximum atomic E-state index is 12.1. The van der Waals surface area contributed by atoms with Crippen LogP contribution in [0.4, 0.5) is 0 Å². The number of thiophene rings is 1. The molecule has 1 amide bonds. The molecule has 0 unspecified atom stereocenters. The van der Waals surface area contributed by atoms with Crippen LogP contribution in [0, 0.1) is 0 Å². The summed E-state index contributed by atoms with van der Waals surface area (Å²) in [6.07, 6.45) is 0.611. The molecule has 5 nitrogen and oxygen atoms in total. The summed E-state index contributed by atoms with van der Waals surface area (Å²) in [6, 6.07) is 3.75. The van der Waals surface area contributed by atoms with Crippen molar-refractivity contribution in [3.05, 3.63) is 21.3 Å². The lowest BCUT2D eigenvalue weighted by Gasteiger charge is -2.32. The van der Waals surface area contributed by atoms with Gasteiger partial charge in [-0.05, 0) is 18.6 Å². The van der Waals surface area contributed by atoms with Gasteiger partial charge in [-0.1, -0.05) is 11.6 Å². The summed E-state index contributed by atoms with van der Waals surface area (Å²) in [7, 11) is 0. The summed E-state index contributed by atoms with van der Waals surface area (Å²) < 4.78 is 6.07. The standard InChI is InChI=1S/C13H16ClNO4S/c14-11-3-1-10(20-11)2-4-12(16)15-5-6-19-9(8-15)7-13(17)18/h1,3,9H,2,4-8H2,(H,17,18)/t9-/m1/s1. The van der Waals surface area contributed by atoms with Crippen LogP contribution < -0.4 is 0 Å². The molecule has 1 aliphatic rings. The zero-order chi connectivity index (χ0) is 14.5. The van der Waals surface area contributed by atoms with Crippen LogP contribution in [0.15, 0.2) is 12.1 Å². The van der Waals surface area contributed by atoms with E-state index in [9.17, 15) is 9.59 Å². The minimum atomic E-state index is -0.905. The van der Waals surface area contributed by atoms with E-state index >= 15 is 0 Å². The summed E-state index contributed by atoms with van der Waals surface area (Å²) in [5.74, 6) is -0.870. The molecular weight excluding hydrogens is 302 g/mol. The third-order valence-electron chi connectivity index (χ3n) is 3.11. The molecule has 2 heterocycles. The number of carboxylic acids is 1. The van der Waals surface area contributed by atoms with Gasteiger partial charge >= 0.3 is 5.97 Å². The van der Waals surface area contributed by atoms with Crippen LogP contribution in [-0.4, -0.2) is 47.7 Å². The highest BCUT2D eigenvalue weighted by atomic mass is 35.5. The Morgan fingerprint density at radius 2 is 2.30 bits per heavy atom. The molecule has 1 aliphatic heterocycles. The van der Waals surface area contributed by atoms with Crippen LogP contribution in [-0.2, 0) is 20.7 Å². The number of morpholine rings is 1. The van der Waals surface area contributed by atoms with Crippen molar-refractivity contribution >= 4 is 34.8 Å². The molecule has 0 saturated carbocycles. The number of carbonyl (C=O) groups is 2. The molecule has 1 aromatic rings. The Hall–Kier alpha value is -1.11. The quantitative estimate of drug-likeness (QED) is 0.902. The van der Waals surface area contributed by atoms with Crippen LogP contribution in [0.25, 0.3) is 0 Å². The van der Waals surface area contributed by atoms with E-state index in [0.29, 0.717) is 32.5 Å². The summed E-state index contributed by atoms with van der Waals surface area (Å²) in [4.78, 5) is 25.5. The number of carbonyl (C=O) groups excluding carboxylic acids is 1. The van der Waals surface area contributed by atoms with Crippen molar-refractivity contribution in [2.24, 2.45) is 0 Å². The monoisotopic (exact) mass is 317 g/mol. The van der Waals surface area contributed by atoms with Crippen LogP contribution in [0.3, 0.4) is 0 Å². The third-order valence-corrected chi connectivity index (χ3v) is 4.40. The first kappa shape index (κ1) is 15.3. The first-order chi connectivity index (χ1) is 9.54. The lowest BCUT2D eigenvalue weighted by molar-refractivity contribution is -0.147. The van der Waals surface area contributed by atoms with E-state index in [4.69, 9.17) is 21.4 Å². The first-order valence-electron chi connectivity index (χ1n) is 6.40. The fourth-order valence-corrected chi connectivity index (χ4v) is 3.23. The summed E-state index contributed by atoms with van der Waals surface area (Å²) in [6.45, 7) is 1.28. The zero-order valence-electron chi connectivity index (χ0n) is 10.9. The summed E-state index contributed by atoms with van der Waals surface area (Å²) >= 11 is 7.32. The minimum absolute atomic E-state index is 0.0354. The fourth-order valence-electron chi connectivity index (χ4n) is 2.14. The van der Waals surface area contributed by atoms with E-state index in [-0.39, 0.29) is 12.3 Å². The van der Waals surface area contributed by atoms with Crippen LogP contribution in [0.5, 0.6) is 0 Å². The van der Waals surface area contributed by atoms with Gasteiger partial charge in [-0.3, -0.25) is 9.59 Å². The Kier molecular flexibility index (Phi) is 5.39. The topological polar surface area (TPSA) is 66.8 Å². The van der Waals surface area contributed by atoms with Gasteiger partial charge in [-0.15, -0.1) is 11.3 Å². The molecule has 0 spiro atoms. The van der Waals surface area contributed by atoms with Crippen molar-refractivity contribution in [1.82, 2.24) is 4.90 Å². The van der Waals surface area contributed by atoms with Gasteiger partial charge in [0.15, 0.2) is 0 Å². The lowest BCUT2D eigenvalue weighted by atomic mass is 10.2. The number of nitrogens with zero attached hydrogens (tertiary/aromatic N) is 1. The third kappa shape index (κ3) is 4.47. The number of hydrogen-bond donors (Lipinski definition) is 1. The van der Waals surface area contributed by atoms with E-state index in [1.807, 2.05) is 12.1 Å². The minimum Gasteiger partial charge on any atom is -0.481 e. The highest BCUT2D eigenvalue weighted by molar-refractivity contribution is 7.16. The number of carboxylic acid groups (broad SMARTS) is 1. The lowest BCUT2D eigenvalue weighted by Crippen LogP contribution is -2.46. The average molecular weight is 318 g/mol. The van der Waals surface area contributed by atoms with E-state index in [1.54, 1.807) is 4.90 Å². The Bertz CT molecular complexity index is 490. The molecular formula is C13H16ClNO4S. The molecule has 1 fully saturated rings. The second-order valence-corrected chi connectivity index (χ2v) is 6.44. The van der Waals surface area contributed by atoms with Gasteiger partial charge in [0, 0.05) is 24.4 Å². The molecule has 1 N–H and O–H groups in total. The number of aryl methyl sites for hydroxylation is 1. The summed E-state index contributed by atoms with van der Waals surface area (Å²) in [5, 5.41) is 8.75. The Morgan fingerprint density at radius 1 is 1.50 bits per heavy atom. The highest BCUT2D eigenvalue weighted by Crippen LogP contribution is 2.22. The Morgan fingerprint density at radius 3 is 2.95 bits per heavy atom. The van der Waals surface area contributed by atoms with Gasteiger partial charge in [-0.2, -0.15) is 0 Å². The smallest absolute Gasteiger partial charge is 0.306 e. The molecule has 20 heavy (non-hydrogen) atoms. The normalized spacial score (nSPS) is 19.1. The van der Waals surface area contributed by atoms with Gasteiger partial charge in [0.25, 0.3) is 0 Å². The van der Waals surface area contributed by atoms with Crippen LogP contribution >= 0.6 is 22.9 Å². The second-order valence-electron chi connectivity index (χ2n) is 4.64. The number of ether oxygens (including phenoxy) is 1. The molecule has 0 bridgehead atoms. The van der Waals surface area contributed by atoms with Crippen molar-refractivity contribution in [1.29, 1.82) is 0 Å². The van der Waals surface area contributed by atoms with Gasteiger partial charge in [0.2, 0.25) is 5.91 Å². The second kappa shape index (κ2) is 7.06. The average Bonchev–Trinajstić information content (AvgIpc) is 2.81. The molecule has 2 rings (SSSR count).